The highest BCUT2D eigenvalue weighted by Crippen LogP contribution is 2.21. The molecule has 0 aromatic carbocycles. The molecule has 1 aliphatic rings. The molecule has 0 bridgehead atoms. The predicted molar refractivity (Wildman–Crippen MR) is 36.3 cm³/mol. The fraction of sp³-hybridized carbons (Fsp3) is 0.833. The molecule has 0 unspecified atom stereocenters. The van der Waals surface area contributed by atoms with Gasteiger partial charge < -0.3 is 5.11 Å². The van der Waals surface area contributed by atoms with Gasteiger partial charge >= 0.3 is 6.09 Å². The zero-order valence-electron chi connectivity index (χ0n) is 5.79. The standard InChI is InChI=1S/C6H12N2O2/c7-8(6(9)10)5-3-1-2-4-5/h5H,1-4,7H2,(H,9,10). The lowest BCUT2D eigenvalue weighted by Gasteiger charge is -2.19. The maximum Gasteiger partial charge on any atom is 0.421 e. The van der Waals surface area contributed by atoms with Crippen molar-refractivity contribution in [2.75, 3.05) is 0 Å². The van der Waals surface area contributed by atoms with Gasteiger partial charge in [-0.1, -0.05) is 12.8 Å². The summed E-state index contributed by atoms with van der Waals surface area (Å²) in [5, 5.41) is 9.37. The molecule has 0 spiro atoms. The van der Waals surface area contributed by atoms with E-state index in [9.17, 15) is 4.79 Å². The van der Waals surface area contributed by atoms with Gasteiger partial charge in [-0.25, -0.2) is 15.6 Å². The van der Waals surface area contributed by atoms with Gasteiger partial charge in [-0.3, -0.25) is 0 Å². The monoisotopic (exact) mass is 144 g/mol. The van der Waals surface area contributed by atoms with Crippen molar-refractivity contribution in [1.29, 1.82) is 0 Å². The SMILES string of the molecule is NN(C(=O)O)C1CCCC1. The van der Waals surface area contributed by atoms with E-state index < -0.39 is 6.09 Å². The van der Waals surface area contributed by atoms with Crippen LogP contribution in [0.4, 0.5) is 4.79 Å². The highest BCUT2D eigenvalue weighted by molar-refractivity contribution is 5.64. The van der Waals surface area contributed by atoms with Gasteiger partial charge in [0.15, 0.2) is 0 Å². The number of hydrogen-bond donors (Lipinski definition) is 2. The van der Waals surface area contributed by atoms with E-state index in [4.69, 9.17) is 10.9 Å². The minimum atomic E-state index is -1.02. The number of nitrogens with two attached hydrogens (primary N) is 1. The van der Waals surface area contributed by atoms with Crippen LogP contribution >= 0.6 is 0 Å². The Morgan fingerprint density at radius 3 is 2.40 bits per heavy atom. The molecule has 0 aromatic rings. The van der Waals surface area contributed by atoms with Crippen molar-refractivity contribution >= 4 is 6.09 Å². The molecule has 0 aromatic heterocycles. The first-order valence-corrected chi connectivity index (χ1v) is 3.48. The van der Waals surface area contributed by atoms with Crippen molar-refractivity contribution in [2.45, 2.75) is 31.7 Å². The molecular weight excluding hydrogens is 132 g/mol. The summed E-state index contributed by atoms with van der Waals surface area (Å²) < 4.78 is 0. The summed E-state index contributed by atoms with van der Waals surface area (Å²) in [5.74, 6) is 5.26. The maximum absolute atomic E-state index is 10.3. The molecule has 1 amide bonds. The van der Waals surface area contributed by atoms with Crippen LogP contribution in [-0.4, -0.2) is 22.3 Å². The van der Waals surface area contributed by atoms with Crippen molar-refractivity contribution in [3.8, 4) is 0 Å². The van der Waals surface area contributed by atoms with E-state index in [-0.39, 0.29) is 6.04 Å². The average molecular weight is 144 g/mol. The van der Waals surface area contributed by atoms with Crippen LogP contribution in [0.2, 0.25) is 0 Å². The smallest absolute Gasteiger partial charge is 0.421 e. The first-order valence-electron chi connectivity index (χ1n) is 3.48. The van der Waals surface area contributed by atoms with Crippen LogP contribution in [0.5, 0.6) is 0 Å². The number of hydrazine groups is 1. The Morgan fingerprint density at radius 2 is 2.00 bits per heavy atom. The lowest BCUT2D eigenvalue weighted by molar-refractivity contribution is 0.126. The van der Waals surface area contributed by atoms with Gasteiger partial charge in [0.05, 0.1) is 6.04 Å². The lowest BCUT2D eigenvalue weighted by atomic mass is 10.2. The summed E-state index contributed by atoms with van der Waals surface area (Å²) in [6.45, 7) is 0. The zero-order chi connectivity index (χ0) is 7.56. The minimum absolute atomic E-state index is 0.0671. The largest absolute Gasteiger partial charge is 0.464 e. The average Bonchev–Trinajstić information content (AvgIpc) is 2.36. The van der Waals surface area contributed by atoms with Crippen LogP contribution in [-0.2, 0) is 0 Å². The van der Waals surface area contributed by atoms with E-state index in [1.54, 1.807) is 0 Å². The van der Waals surface area contributed by atoms with E-state index in [0.717, 1.165) is 30.7 Å². The van der Waals surface area contributed by atoms with Crippen molar-refractivity contribution in [1.82, 2.24) is 5.01 Å². The summed E-state index contributed by atoms with van der Waals surface area (Å²) in [5.41, 5.74) is 0. The number of carboxylic acid groups (broad SMARTS) is 1. The van der Waals surface area contributed by atoms with E-state index in [0.29, 0.717) is 0 Å². The van der Waals surface area contributed by atoms with E-state index in [2.05, 4.69) is 0 Å². The second-order valence-electron chi connectivity index (χ2n) is 2.63. The summed E-state index contributed by atoms with van der Waals surface area (Å²) in [6.07, 6.45) is 3.02. The Balaban J connectivity index is 2.39. The highest BCUT2D eigenvalue weighted by atomic mass is 16.4. The summed E-state index contributed by atoms with van der Waals surface area (Å²) in [6, 6.07) is 0.0671. The Morgan fingerprint density at radius 1 is 1.50 bits per heavy atom. The number of carbonyl (C=O) groups is 1. The molecule has 1 saturated carbocycles. The number of hydrogen-bond acceptors (Lipinski definition) is 2. The van der Waals surface area contributed by atoms with Crippen molar-refractivity contribution < 1.29 is 9.90 Å². The summed E-state index contributed by atoms with van der Waals surface area (Å²) in [7, 11) is 0. The van der Waals surface area contributed by atoms with Gasteiger partial charge in [-0.2, -0.15) is 0 Å². The van der Waals surface area contributed by atoms with Crippen molar-refractivity contribution in [3.05, 3.63) is 0 Å². The molecule has 1 fully saturated rings. The fourth-order valence-electron chi connectivity index (χ4n) is 1.34. The molecule has 0 radical (unpaired) electrons. The van der Waals surface area contributed by atoms with E-state index in [1.165, 1.54) is 0 Å². The van der Waals surface area contributed by atoms with Gasteiger partial charge in [0.2, 0.25) is 0 Å². The second kappa shape index (κ2) is 2.88. The van der Waals surface area contributed by atoms with Crippen LogP contribution in [0.15, 0.2) is 0 Å². The Labute approximate surface area is 59.6 Å². The number of nitrogens with zero attached hydrogens (tertiary/aromatic N) is 1. The quantitative estimate of drug-likeness (QED) is 0.324. The number of rotatable bonds is 1. The van der Waals surface area contributed by atoms with Crippen LogP contribution in [0.1, 0.15) is 25.7 Å². The van der Waals surface area contributed by atoms with Crippen molar-refractivity contribution in [3.63, 3.8) is 0 Å². The topological polar surface area (TPSA) is 66.6 Å². The minimum Gasteiger partial charge on any atom is -0.464 e. The molecule has 4 nitrogen and oxygen atoms in total. The first-order chi connectivity index (χ1) is 4.72. The fourth-order valence-corrected chi connectivity index (χ4v) is 1.34. The zero-order valence-corrected chi connectivity index (χ0v) is 5.79. The predicted octanol–water partition coefficient (Wildman–Crippen LogP) is 0.783. The third kappa shape index (κ3) is 1.39. The number of amides is 1. The molecule has 10 heavy (non-hydrogen) atoms. The van der Waals surface area contributed by atoms with Crippen LogP contribution in [0, 0.1) is 0 Å². The highest BCUT2D eigenvalue weighted by Gasteiger charge is 2.23. The second-order valence-corrected chi connectivity index (χ2v) is 2.63. The van der Waals surface area contributed by atoms with Crippen LogP contribution in [0.3, 0.4) is 0 Å². The molecule has 58 valence electrons. The molecule has 0 heterocycles. The van der Waals surface area contributed by atoms with E-state index in [1.807, 2.05) is 0 Å². The molecule has 1 rings (SSSR count). The van der Waals surface area contributed by atoms with Gasteiger partial charge in [-0.05, 0) is 12.8 Å². The molecule has 0 aliphatic heterocycles. The van der Waals surface area contributed by atoms with Gasteiger partial charge in [0.25, 0.3) is 0 Å². The molecule has 3 N–H and O–H groups in total. The Bertz CT molecular complexity index is 132. The van der Waals surface area contributed by atoms with Crippen molar-refractivity contribution in [2.24, 2.45) is 5.84 Å². The summed E-state index contributed by atoms with van der Waals surface area (Å²) >= 11 is 0. The summed E-state index contributed by atoms with van der Waals surface area (Å²) in [4.78, 5) is 10.3. The molecule has 0 saturated heterocycles. The maximum atomic E-state index is 10.3. The third-order valence-corrected chi connectivity index (χ3v) is 1.94. The lowest BCUT2D eigenvalue weighted by Crippen LogP contribution is -2.43. The molecule has 1 aliphatic carbocycles. The third-order valence-electron chi connectivity index (χ3n) is 1.94. The van der Waals surface area contributed by atoms with Crippen LogP contribution < -0.4 is 5.84 Å². The Kier molecular flexibility index (Phi) is 2.11. The van der Waals surface area contributed by atoms with Gasteiger partial charge in [0.1, 0.15) is 0 Å². The first kappa shape index (κ1) is 7.34. The van der Waals surface area contributed by atoms with Gasteiger partial charge in [0, 0.05) is 0 Å². The van der Waals surface area contributed by atoms with E-state index >= 15 is 0 Å². The Hall–Kier alpha value is -0.770. The van der Waals surface area contributed by atoms with Crippen LogP contribution in [0.25, 0.3) is 0 Å². The molecule has 0 atom stereocenters. The molecule has 4 heteroatoms. The normalized spacial score (nSPS) is 19.3. The molecular formula is C6H12N2O2. The van der Waals surface area contributed by atoms with Gasteiger partial charge in [-0.15, -0.1) is 0 Å².